The zero-order valence-corrected chi connectivity index (χ0v) is 11.8. The minimum absolute atomic E-state index is 0.228. The highest BCUT2D eigenvalue weighted by Crippen LogP contribution is 2.30. The first kappa shape index (κ1) is 12.7. The molecule has 0 aliphatic heterocycles. The van der Waals surface area contributed by atoms with Gasteiger partial charge in [0.2, 0.25) is 0 Å². The lowest BCUT2D eigenvalue weighted by Gasteiger charge is -2.03. The molecule has 0 heterocycles. The van der Waals surface area contributed by atoms with Crippen molar-refractivity contribution in [2.75, 3.05) is 6.54 Å². The Morgan fingerprint density at radius 3 is 2.67 bits per heavy atom. The first-order valence-corrected chi connectivity index (χ1v) is 6.27. The maximum absolute atomic E-state index is 9.73. The summed E-state index contributed by atoms with van der Waals surface area (Å²) < 4.78 is 1.58. The fraction of sp³-hybridized carbons (Fsp3) is 0.364. The third-order valence-electron chi connectivity index (χ3n) is 1.76. The highest BCUT2D eigenvalue weighted by molar-refractivity contribution is 9.11. The topological polar surface area (TPSA) is 32.6 Å². The van der Waals surface area contributed by atoms with Crippen LogP contribution < -0.4 is 0 Å². The molecule has 1 N–H and O–H groups in total. The average Bonchev–Trinajstić information content (AvgIpc) is 2.12. The molecular formula is C11H13Br2NO. The predicted octanol–water partition coefficient (Wildman–Crippen LogP) is 3.99. The lowest BCUT2D eigenvalue weighted by Crippen LogP contribution is -1.93. The van der Waals surface area contributed by atoms with Gasteiger partial charge in [0.25, 0.3) is 0 Å². The summed E-state index contributed by atoms with van der Waals surface area (Å²) in [5.74, 6) is 0.754. The molecule has 0 amide bonds. The predicted molar refractivity (Wildman–Crippen MR) is 70.8 cm³/mol. The largest absolute Gasteiger partial charge is 0.506 e. The molecule has 0 fully saturated rings. The number of nitrogens with zero attached hydrogens (tertiary/aromatic N) is 1. The molecule has 0 unspecified atom stereocenters. The molecule has 1 aromatic rings. The van der Waals surface area contributed by atoms with Gasteiger partial charge in [0, 0.05) is 22.8 Å². The van der Waals surface area contributed by atoms with Crippen LogP contribution in [-0.4, -0.2) is 17.9 Å². The summed E-state index contributed by atoms with van der Waals surface area (Å²) in [7, 11) is 0. The first-order valence-electron chi connectivity index (χ1n) is 4.68. The van der Waals surface area contributed by atoms with Gasteiger partial charge in [-0.1, -0.05) is 29.8 Å². The Morgan fingerprint density at radius 1 is 1.40 bits per heavy atom. The highest BCUT2D eigenvalue weighted by Gasteiger charge is 2.04. The van der Waals surface area contributed by atoms with Crippen molar-refractivity contribution in [2.45, 2.75) is 13.8 Å². The molecular weight excluding hydrogens is 322 g/mol. The minimum atomic E-state index is 0.228. The van der Waals surface area contributed by atoms with Crippen LogP contribution >= 0.6 is 31.9 Å². The van der Waals surface area contributed by atoms with Crippen LogP contribution in [0.25, 0.3) is 0 Å². The van der Waals surface area contributed by atoms with Crippen LogP contribution in [0, 0.1) is 5.92 Å². The van der Waals surface area contributed by atoms with E-state index in [0.717, 1.165) is 16.6 Å². The van der Waals surface area contributed by atoms with Crippen LogP contribution in [0.5, 0.6) is 5.75 Å². The molecule has 0 atom stereocenters. The van der Waals surface area contributed by atoms with Crippen LogP contribution in [-0.2, 0) is 0 Å². The quantitative estimate of drug-likeness (QED) is 0.833. The number of phenols is 1. The zero-order chi connectivity index (χ0) is 11.4. The lowest BCUT2D eigenvalue weighted by molar-refractivity contribution is 0.471. The van der Waals surface area contributed by atoms with E-state index < -0.39 is 0 Å². The van der Waals surface area contributed by atoms with E-state index >= 15 is 0 Å². The Balaban J connectivity index is 2.89. The third-order valence-corrected chi connectivity index (χ3v) is 2.82. The molecule has 0 aliphatic rings. The van der Waals surface area contributed by atoms with Crippen molar-refractivity contribution >= 4 is 38.1 Å². The molecule has 4 heteroatoms. The standard InChI is InChI=1S/C11H13Br2NO/c1-7(2)5-14-6-8-3-9(12)4-10(13)11(8)15/h3-4,6-7,15H,5H2,1-2H3. The van der Waals surface area contributed by atoms with Gasteiger partial charge in [0.05, 0.1) is 4.47 Å². The number of aliphatic imine (C=N–C) groups is 1. The Hall–Kier alpha value is -0.350. The number of aromatic hydroxyl groups is 1. The summed E-state index contributed by atoms with van der Waals surface area (Å²) in [5.41, 5.74) is 0.719. The van der Waals surface area contributed by atoms with Crippen molar-refractivity contribution < 1.29 is 5.11 Å². The fourth-order valence-corrected chi connectivity index (χ4v) is 2.30. The van der Waals surface area contributed by atoms with E-state index in [2.05, 4.69) is 50.7 Å². The number of benzene rings is 1. The van der Waals surface area contributed by atoms with E-state index in [9.17, 15) is 5.11 Å². The zero-order valence-electron chi connectivity index (χ0n) is 8.67. The lowest BCUT2D eigenvalue weighted by atomic mass is 10.2. The highest BCUT2D eigenvalue weighted by atomic mass is 79.9. The number of rotatable bonds is 3. The van der Waals surface area contributed by atoms with Crippen molar-refractivity contribution in [3.63, 3.8) is 0 Å². The van der Waals surface area contributed by atoms with Crippen molar-refractivity contribution in [1.82, 2.24) is 0 Å². The Kier molecular flexibility index (Phi) is 4.80. The number of halogens is 2. The molecule has 2 nitrogen and oxygen atoms in total. The molecule has 0 spiro atoms. The van der Waals surface area contributed by atoms with Gasteiger partial charge < -0.3 is 5.11 Å². The second-order valence-corrected chi connectivity index (χ2v) is 5.48. The van der Waals surface area contributed by atoms with Gasteiger partial charge in [-0.05, 0) is 34.0 Å². The molecule has 0 radical (unpaired) electrons. The molecule has 1 aromatic carbocycles. The van der Waals surface area contributed by atoms with E-state index in [1.54, 1.807) is 12.3 Å². The van der Waals surface area contributed by atoms with Gasteiger partial charge >= 0.3 is 0 Å². The molecule has 15 heavy (non-hydrogen) atoms. The monoisotopic (exact) mass is 333 g/mol. The van der Waals surface area contributed by atoms with Crippen LogP contribution in [0.3, 0.4) is 0 Å². The number of hydrogen-bond donors (Lipinski definition) is 1. The SMILES string of the molecule is CC(C)CN=Cc1cc(Br)cc(Br)c1O. The van der Waals surface area contributed by atoms with E-state index in [-0.39, 0.29) is 5.75 Å². The normalized spacial score (nSPS) is 11.5. The van der Waals surface area contributed by atoms with E-state index in [1.165, 1.54) is 0 Å². The summed E-state index contributed by atoms with van der Waals surface area (Å²) in [6.45, 7) is 4.98. The first-order chi connectivity index (χ1) is 7.00. The van der Waals surface area contributed by atoms with E-state index in [1.807, 2.05) is 6.07 Å². The summed E-state index contributed by atoms with van der Waals surface area (Å²) >= 11 is 6.64. The molecule has 1 rings (SSSR count). The van der Waals surface area contributed by atoms with Gasteiger partial charge in [-0.15, -0.1) is 0 Å². The fourth-order valence-electron chi connectivity index (χ4n) is 1.05. The molecule has 0 aliphatic carbocycles. The molecule has 0 bridgehead atoms. The number of phenolic OH excluding ortho intramolecular Hbond substituents is 1. The number of hydrogen-bond acceptors (Lipinski definition) is 2. The van der Waals surface area contributed by atoms with Gasteiger partial charge in [-0.3, -0.25) is 4.99 Å². The maximum atomic E-state index is 9.73. The van der Waals surface area contributed by atoms with Gasteiger partial charge in [0.1, 0.15) is 5.75 Å². The Bertz CT molecular complexity index is 375. The summed E-state index contributed by atoms with van der Waals surface area (Å²) in [6, 6.07) is 3.64. The molecule has 0 aromatic heterocycles. The van der Waals surface area contributed by atoms with Gasteiger partial charge in [-0.2, -0.15) is 0 Å². The van der Waals surface area contributed by atoms with Crippen LogP contribution in [0.1, 0.15) is 19.4 Å². The smallest absolute Gasteiger partial charge is 0.138 e. The summed E-state index contributed by atoms with van der Waals surface area (Å²) in [4.78, 5) is 4.26. The average molecular weight is 335 g/mol. The van der Waals surface area contributed by atoms with Crippen molar-refractivity contribution in [3.8, 4) is 5.75 Å². The van der Waals surface area contributed by atoms with Crippen molar-refractivity contribution in [1.29, 1.82) is 0 Å². The Labute approximate surface area is 107 Å². The van der Waals surface area contributed by atoms with Gasteiger partial charge in [0.15, 0.2) is 0 Å². The van der Waals surface area contributed by atoms with Crippen LogP contribution in [0.2, 0.25) is 0 Å². The van der Waals surface area contributed by atoms with Crippen molar-refractivity contribution in [3.05, 3.63) is 26.6 Å². The van der Waals surface area contributed by atoms with Crippen LogP contribution in [0.4, 0.5) is 0 Å². The summed E-state index contributed by atoms with van der Waals surface area (Å²) in [5, 5.41) is 9.73. The maximum Gasteiger partial charge on any atom is 0.138 e. The second-order valence-electron chi connectivity index (χ2n) is 3.71. The third kappa shape index (κ3) is 3.95. The van der Waals surface area contributed by atoms with Crippen molar-refractivity contribution in [2.24, 2.45) is 10.9 Å². The van der Waals surface area contributed by atoms with Gasteiger partial charge in [-0.25, -0.2) is 0 Å². The van der Waals surface area contributed by atoms with E-state index in [4.69, 9.17) is 0 Å². The Morgan fingerprint density at radius 2 is 2.07 bits per heavy atom. The second kappa shape index (κ2) is 5.66. The molecule has 82 valence electrons. The molecule has 0 saturated carbocycles. The molecule has 0 saturated heterocycles. The van der Waals surface area contributed by atoms with E-state index in [0.29, 0.717) is 10.4 Å². The summed E-state index contributed by atoms with van der Waals surface area (Å²) in [6.07, 6.45) is 1.70. The minimum Gasteiger partial charge on any atom is -0.506 e. The van der Waals surface area contributed by atoms with Crippen LogP contribution in [0.15, 0.2) is 26.1 Å².